The van der Waals surface area contributed by atoms with E-state index >= 15 is 0 Å². The van der Waals surface area contributed by atoms with E-state index in [9.17, 15) is 0 Å². The molecule has 2 nitrogen and oxygen atoms in total. The molecule has 0 bridgehead atoms. The molecule has 0 radical (unpaired) electrons. The van der Waals surface area contributed by atoms with E-state index in [2.05, 4.69) is 13.8 Å². The Morgan fingerprint density at radius 1 is 1.29 bits per heavy atom. The molecule has 0 aromatic heterocycles. The van der Waals surface area contributed by atoms with Gasteiger partial charge in [-0.1, -0.05) is 32.0 Å². The van der Waals surface area contributed by atoms with Gasteiger partial charge in [0.1, 0.15) is 12.4 Å². The van der Waals surface area contributed by atoms with Crippen molar-refractivity contribution in [2.45, 2.75) is 26.8 Å². The summed E-state index contributed by atoms with van der Waals surface area (Å²) in [5.74, 6) is 1.39. The minimum Gasteiger partial charge on any atom is -0.492 e. The molecule has 14 heavy (non-hydrogen) atoms. The standard InChI is InChI=1S/C12H19NO/c1-9(2)11(13)8-14-12-7-5-4-6-10(12)3/h4-7,9,11H,8,13H2,1-3H3/t11-/m1/s1. The third-order valence-electron chi connectivity index (χ3n) is 2.38. The van der Waals surface area contributed by atoms with Gasteiger partial charge in [0.05, 0.1) is 0 Å². The van der Waals surface area contributed by atoms with Crippen molar-refractivity contribution in [2.24, 2.45) is 11.7 Å². The largest absolute Gasteiger partial charge is 0.492 e. The van der Waals surface area contributed by atoms with Gasteiger partial charge in [0.15, 0.2) is 0 Å². The van der Waals surface area contributed by atoms with E-state index in [1.54, 1.807) is 0 Å². The molecule has 0 aliphatic rings. The zero-order valence-corrected chi connectivity index (χ0v) is 9.16. The van der Waals surface area contributed by atoms with Crippen LogP contribution in [0.2, 0.25) is 0 Å². The van der Waals surface area contributed by atoms with Crippen LogP contribution in [0.15, 0.2) is 24.3 Å². The minimum atomic E-state index is 0.106. The fourth-order valence-electron chi connectivity index (χ4n) is 1.10. The number of para-hydroxylation sites is 1. The lowest BCUT2D eigenvalue weighted by atomic mass is 10.1. The van der Waals surface area contributed by atoms with Crippen LogP contribution in [0.25, 0.3) is 0 Å². The van der Waals surface area contributed by atoms with Gasteiger partial charge in [-0.3, -0.25) is 0 Å². The van der Waals surface area contributed by atoms with Crippen molar-refractivity contribution < 1.29 is 4.74 Å². The van der Waals surface area contributed by atoms with Gasteiger partial charge in [0.2, 0.25) is 0 Å². The average Bonchev–Trinajstić information content (AvgIpc) is 2.16. The summed E-state index contributed by atoms with van der Waals surface area (Å²) in [5, 5.41) is 0. The SMILES string of the molecule is Cc1ccccc1OC[C@@H](N)C(C)C. The van der Waals surface area contributed by atoms with E-state index in [0.717, 1.165) is 11.3 Å². The number of rotatable bonds is 4. The van der Waals surface area contributed by atoms with E-state index in [1.807, 2.05) is 31.2 Å². The Balaban J connectivity index is 2.50. The van der Waals surface area contributed by atoms with Gasteiger partial charge < -0.3 is 10.5 Å². The molecule has 2 heteroatoms. The number of aryl methyl sites for hydroxylation is 1. The van der Waals surface area contributed by atoms with Crippen LogP contribution in [0.5, 0.6) is 5.75 Å². The van der Waals surface area contributed by atoms with Crippen LogP contribution >= 0.6 is 0 Å². The molecular formula is C12H19NO. The maximum atomic E-state index is 5.89. The summed E-state index contributed by atoms with van der Waals surface area (Å²) in [5.41, 5.74) is 7.05. The van der Waals surface area contributed by atoms with Crippen LogP contribution in [0.1, 0.15) is 19.4 Å². The highest BCUT2D eigenvalue weighted by molar-refractivity contribution is 5.31. The van der Waals surface area contributed by atoms with Crippen LogP contribution in [0.3, 0.4) is 0 Å². The summed E-state index contributed by atoms with van der Waals surface area (Å²) in [6.07, 6.45) is 0. The number of hydrogen-bond donors (Lipinski definition) is 1. The van der Waals surface area contributed by atoms with Gasteiger partial charge in [-0.25, -0.2) is 0 Å². The highest BCUT2D eigenvalue weighted by Gasteiger charge is 2.08. The molecule has 0 amide bonds. The highest BCUT2D eigenvalue weighted by atomic mass is 16.5. The van der Waals surface area contributed by atoms with Crippen molar-refractivity contribution >= 4 is 0 Å². The third-order valence-corrected chi connectivity index (χ3v) is 2.38. The molecule has 0 aliphatic heterocycles. The molecule has 0 unspecified atom stereocenters. The summed E-state index contributed by atoms with van der Waals surface area (Å²) in [7, 11) is 0. The Morgan fingerprint density at radius 3 is 2.50 bits per heavy atom. The van der Waals surface area contributed by atoms with Crippen molar-refractivity contribution in [3.63, 3.8) is 0 Å². The molecule has 0 saturated heterocycles. The second-order valence-electron chi connectivity index (χ2n) is 3.98. The first kappa shape index (κ1) is 11.1. The van der Waals surface area contributed by atoms with Crippen molar-refractivity contribution in [3.05, 3.63) is 29.8 Å². The Morgan fingerprint density at radius 2 is 1.93 bits per heavy atom. The zero-order valence-electron chi connectivity index (χ0n) is 9.16. The van der Waals surface area contributed by atoms with E-state index in [-0.39, 0.29) is 6.04 Å². The van der Waals surface area contributed by atoms with Crippen LogP contribution in [-0.2, 0) is 0 Å². The summed E-state index contributed by atoms with van der Waals surface area (Å²) >= 11 is 0. The second-order valence-corrected chi connectivity index (χ2v) is 3.98. The third kappa shape index (κ3) is 3.04. The van der Waals surface area contributed by atoms with Crippen LogP contribution in [0.4, 0.5) is 0 Å². The van der Waals surface area contributed by atoms with Crippen molar-refractivity contribution in [2.75, 3.05) is 6.61 Å². The Bertz CT molecular complexity index is 283. The van der Waals surface area contributed by atoms with Gasteiger partial charge in [-0.15, -0.1) is 0 Å². The molecule has 0 spiro atoms. The molecule has 78 valence electrons. The summed E-state index contributed by atoms with van der Waals surface area (Å²) < 4.78 is 5.63. The van der Waals surface area contributed by atoms with Gasteiger partial charge in [-0.2, -0.15) is 0 Å². The monoisotopic (exact) mass is 193 g/mol. The molecule has 0 saturated carbocycles. The van der Waals surface area contributed by atoms with Gasteiger partial charge in [0.25, 0.3) is 0 Å². The van der Waals surface area contributed by atoms with E-state index in [4.69, 9.17) is 10.5 Å². The number of ether oxygens (including phenoxy) is 1. The lowest BCUT2D eigenvalue weighted by Crippen LogP contribution is -2.33. The molecular weight excluding hydrogens is 174 g/mol. The first-order valence-electron chi connectivity index (χ1n) is 5.05. The minimum absolute atomic E-state index is 0.106. The fraction of sp³-hybridized carbons (Fsp3) is 0.500. The Labute approximate surface area is 86.1 Å². The predicted octanol–water partition coefficient (Wildman–Crippen LogP) is 2.36. The molecule has 1 aromatic rings. The second kappa shape index (κ2) is 5.01. The Kier molecular flexibility index (Phi) is 3.96. The lowest BCUT2D eigenvalue weighted by Gasteiger charge is -2.17. The molecule has 0 heterocycles. The van der Waals surface area contributed by atoms with Crippen molar-refractivity contribution in [1.82, 2.24) is 0 Å². The lowest BCUT2D eigenvalue weighted by molar-refractivity contribution is 0.258. The van der Waals surface area contributed by atoms with Gasteiger partial charge >= 0.3 is 0 Å². The highest BCUT2D eigenvalue weighted by Crippen LogP contribution is 2.16. The number of benzene rings is 1. The molecule has 2 N–H and O–H groups in total. The molecule has 1 rings (SSSR count). The maximum Gasteiger partial charge on any atom is 0.122 e. The summed E-state index contributed by atoms with van der Waals surface area (Å²) in [6.45, 7) is 6.83. The van der Waals surface area contributed by atoms with Crippen molar-refractivity contribution in [3.8, 4) is 5.75 Å². The van der Waals surface area contributed by atoms with Crippen LogP contribution in [0, 0.1) is 12.8 Å². The van der Waals surface area contributed by atoms with Crippen molar-refractivity contribution in [1.29, 1.82) is 0 Å². The number of hydrogen-bond acceptors (Lipinski definition) is 2. The number of nitrogens with two attached hydrogens (primary N) is 1. The molecule has 1 aromatic carbocycles. The topological polar surface area (TPSA) is 35.2 Å². The summed E-state index contributed by atoms with van der Waals surface area (Å²) in [6, 6.07) is 8.10. The predicted molar refractivity (Wildman–Crippen MR) is 59.5 cm³/mol. The zero-order chi connectivity index (χ0) is 10.6. The van der Waals surface area contributed by atoms with Gasteiger partial charge in [-0.05, 0) is 24.5 Å². The normalized spacial score (nSPS) is 12.9. The van der Waals surface area contributed by atoms with Crippen LogP contribution in [-0.4, -0.2) is 12.6 Å². The Hall–Kier alpha value is -1.02. The summed E-state index contributed by atoms with van der Waals surface area (Å²) in [4.78, 5) is 0. The average molecular weight is 193 g/mol. The first-order chi connectivity index (χ1) is 6.61. The smallest absolute Gasteiger partial charge is 0.122 e. The van der Waals surface area contributed by atoms with Gasteiger partial charge in [0, 0.05) is 6.04 Å². The molecule has 0 fully saturated rings. The van der Waals surface area contributed by atoms with E-state index in [0.29, 0.717) is 12.5 Å². The quantitative estimate of drug-likeness (QED) is 0.796. The maximum absolute atomic E-state index is 5.89. The first-order valence-corrected chi connectivity index (χ1v) is 5.05. The fourth-order valence-corrected chi connectivity index (χ4v) is 1.10. The van der Waals surface area contributed by atoms with E-state index in [1.165, 1.54) is 0 Å². The van der Waals surface area contributed by atoms with E-state index < -0.39 is 0 Å². The molecule has 0 aliphatic carbocycles. The molecule has 1 atom stereocenters. The van der Waals surface area contributed by atoms with Crippen LogP contribution < -0.4 is 10.5 Å².